The second kappa shape index (κ2) is 8.33. The fraction of sp³-hybridized carbons (Fsp3) is 0.484. The summed E-state index contributed by atoms with van der Waals surface area (Å²) in [5.41, 5.74) is -0.761. The molecular weight excluding hydrogens is 681 g/mol. The predicted octanol–water partition coefficient (Wildman–Crippen LogP) is 1.72. The Morgan fingerprint density at radius 1 is 0.681 bits per heavy atom. The van der Waals surface area contributed by atoms with E-state index in [1.807, 2.05) is 55.5 Å². The molecule has 10 atom stereocenters. The number of anilines is 2. The molecule has 244 valence electrons. The van der Waals surface area contributed by atoms with Crippen LogP contribution < -0.4 is 10.6 Å². The van der Waals surface area contributed by atoms with Crippen LogP contribution in [-0.2, 0) is 30.0 Å². The van der Waals surface area contributed by atoms with Crippen LogP contribution in [-0.4, -0.2) is 112 Å². The average molecular weight is 711 g/mol. The molecule has 0 radical (unpaired) electrons. The van der Waals surface area contributed by atoms with Gasteiger partial charge in [-0.25, -0.2) is 0 Å². The molecule has 1 unspecified atom stereocenters. The van der Waals surface area contributed by atoms with Crippen molar-refractivity contribution in [1.82, 2.24) is 19.6 Å². The van der Waals surface area contributed by atoms with E-state index in [0.717, 1.165) is 0 Å². The number of nitrogens with one attached hydrogen (secondary N) is 2. The number of hydrogen-bond acceptors (Lipinski definition) is 12. The van der Waals surface area contributed by atoms with Crippen LogP contribution in [0.1, 0.15) is 31.4 Å². The third-order valence-corrected chi connectivity index (χ3v) is 19.9. The average Bonchev–Trinajstić information content (AvgIpc) is 3.72. The summed E-state index contributed by atoms with van der Waals surface area (Å²) in [6, 6.07) is 14.8. The van der Waals surface area contributed by atoms with Gasteiger partial charge in [-0.1, -0.05) is 64.9 Å². The summed E-state index contributed by atoms with van der Waals surface area (Å²) in [4.78, 5) is 58.8. The molecule has 12 rings (SSSR count). The third-order valence-electron chi connectivity index (χ3n) is 12.4. The maximum absolute atomic E-state index is 14.9. The first kappa shape index (κ1) is 29.2. The molecular formula is C31H30N6O6S4. The molecule has 8 fully saturated rings. The van der Waals surface area contributed by atoms with Gasteiger partial charge in [-0.2, -0.15) is 0 Å². The Bertz CT molecular complexity index is 1920. The van der Waals surface area contributed by atoms with Gasteiger partial charge in [0.05, 0.1) is 10.8 Å². The zero-order valence-corrected chi connectivity index (χ0v) is 28.9. The van der Waals surface area contributed by atoms with Gasteiger partial charge in [0, 0.05) is 25.5 Å². The fourth-order valence-electron chi connectivity index (χ4n) is 10.2. The van der Waals surface area contributed by atoms with Crippen molar-refractivity contribution in [1.29, 1.82) is 0 Å². The lowest BCUT2D eigenvalue weighted by Gasteiger charge is -2.58. The lowest BCUT2D eigenvalue weighted by atomic mass is 9.52. The Labute approximate surface area is 285 Å². The van der Waals surface area contributed by atoms with Crippen LogP contribution in [0.4, 0.5) is 11.4 Å². The molecule has 4 N–H and O–H groups in total. The number of aliphatic hydroxyl groups excluding tert-OH is 2. The first-order valence-electron chi connectivity index (χ1n) is 15.5. The fourth-order valence-corrected chi connectivity index (χ4v) is 17.6. The van der Waals surface area contributed by atoms with Crippen LogP contribution in [0.25, 0.3) is 0 Å². The standard InChI is InChI=1S/C31H30N6O6S4/c1-5-27-23(41)37-21-29(15-11-7-9-13-17(15)33-21,19(39)31(37,47-45-27)25(43)35(27)4)28-14-10-6-8-12-16(14)32-20(28)36-22(40)26(2)34(3)24(42)30(36,18(28)38)46-44-26/h6-13,18-21,32-33,38-39H,5H2,1-4H3/t18-,19-,20+,21-,26?,27-,28-,29+,30-,31-/m0/s1. The number of para-hydroxylation sites is 2. The number of rotatable bonds is 2. The third kappa shape index (κ3) is 2.45. The van der Waals surface area contributed by atoms with E-state index < -0.39 is 66.7 Å². The van der Waals surface area contributed by atoms with Crippen molar-refractivity contribution in [3.05, 3.63) is 59.7 Å². The van der Waals surface area contributed by atoms with Gasteiger partial charge in [-0.05, 0) is 58.2 Å². The van der Waals surface area contributed by atoms with Gasteiger partial charge < -0.3 is 30.6 Å². The van der Waals surface area contributed by atoms with Crippen LogP contribution >= 0.6 is 43.2 Å². The predicted molar refractivity (Wildman–Crippen MR) is 180 cm³/mol. The van der Waals surface area contributed by atoms with Gasteiger partial charge in [0.1, 0.15) is 24.5 Å². The Kier molecular flexibility index (Phi) is 5.17. The first-order chi connectivity index (χ1) is 22.4. The van der Waals surface area contributed by atoms with Crippen LogP contribution in [0.2, 0.25) is 0 Å². The Morgan fingerprint density at radius 2 is 1.15 bits per heavy atom. The van der Waals surface area contributed by atoms with E-state index in [0.29, 0.717) is 28.9 Å². The summed E-state index contributed by atoms with van der Waals surface area (Å²) >= 11 is 0. The molecule has 10 heterocycles. The van der Waals surface area contributed by atoms with Crippen LogP contribution in [0.5, 0.6) is 0 Å². The van der Waals surface area contributed by atoms with Crippen molar-refractivity contribution in [3.63, 3.8) is 0 Å². The summed E-state index contributed by atoms with van der Waals surface area (Å²) < 4.78 is 0. The van der Waals surface area contributed by atoms with E-state index >= 15 is 0 Å². The van der Waals surface area contributed by atoms with Crippen molar-refractivity contribution in [2.45, 2.75) is 75.1 Å². The van der Waals surface area contributed by atoms with E-state index in [9.17, 15) is 29.4 Å². The summed E-state index contributed by atoms with van der Waals surface area (Å²) in [6.07, 6.45) is -4.86. The minimum Gasteiger partial charge on any atom is -0.388 e. The van der Waals surface area contributed by atoms with Gasteiger partial charge in [0.15, 0.2) is 9.74 Å². The van der Waals surface area contributed by atoms with Crippen LogP contribution in [0, 0.1) is 0 Å². The summed E-state index contributed by atoms with van der Waals surface area (Å²) in [5.74, 6) is -1.46. The molecule has 10 aliphatic rings. The van der Waals surface area contributed by atoms with Gasteiger partial charge in [-0.15, -0.1) is 0 Å². The second-order valence-corrected chi connectivity index (χ2v) is 19.0. The van der Waals surface area contributed by atoms with Gasteiger partial charge in [-0.3, -0.25) is 29.0 Å². The molecule has 4 bridgehead atoms. The highest BCUT2D eigenvalue weighted by Gasteiger charge is 2.93. The first-order valence-corrected chi connectivity index (χ1v) is 19.8. The Morgan fingerprint density at radius 3 is 1.68 bits per heavy atom. The van der Waals surface area contributed by atoms with Crippen molar-refractivity contribution in [2.24, 2.45) is 0 Å². The largest absolute Gasteiger partial charge is 0.388 e. The smallest absolute Gasteiger partial charge is 0.264 e. The molecule has 0 saturated carbocycles. The van der Waals surface area contributed by atoms with Gasteiger partial charge in [0.2, 0.25) is 9.74 Å². The lowest BCUT2D eigenvalue weighted by Crippen LogP contribution is -2.78. The number of piperazine rings is 2. The highest BCUT2D eigenvalue weighted by molar-refractivity contribution is 8.78. The molecule has 47 heavy (non-hydrogen) atoms. The second-order valence-electron chi connectivity index (χ2n) is 13.7. The van der Waals surface area contributed by atoms with Crippen molar-refractivity contribution in [2.75, 3.05) is 24.7 Å². The maximum Gasteiger partial charge on any atom is 0.264 e. The van der Waals surface area contributed by atoms with Gasteiger partial charge >= 0.3 is 0 Å². The monoisotopic (exact) mass is 710 g/mol. The Balaban J connectivity index is 1.35. The van der Waals surface area contributed by atoms with E-state index in [4.69, 9.17) is 0 Å². The number of fused-ring (bicyclic) bond motifs is 11. The van der Waals surface area contributed by atoms with Crippen LogP contribution in [0.15, 0.2) is 48.5 Å². The summed E-state index contributed by atoms with van der Waals surface area (Å²) in [7, 11) is 8.09. The van der Waals surface area contributed by atoms with E-state index in [2.05, 4.69) is 10.6 Å². The van der Waals surface area contributed by atoms with Crippen LogP contribution in [0.3, 0.4) is 0 Å². The minimum atomic E-state index is -1.76. The molecule has 4 amide bonds. The number of benzene rings is 2. The maximum atomic E-state index is 14.9. The van der Waals surface area contributed by atoms with E-state index in [-0.39, 0.29) is 11.8 Å². The number of nitrogens with zero attached hydrogens (tertiary/aromatic N) is 4. The quantitative estimate of drug-likeness (QED) is 0.337. The SMILES string of the molecule is CC[C@@]12SS[C@]3(C(=O)N1C)[C@@H](O)[C@]1([C@]45c6ccccc6N[C@@H]4N4C(=O)C6(C)SS[C@]4(C(=O)N6C)[C@H]5O)c4ccccc4N[C@H]1N3C2=O. The summed E-state index contributed by atoms with van der Waals surface area (Å²) in [5, 5.41) is 33.8. The Hall–Kier alpha value is -2.76. The highest BCUT2D eigenvalue weighted by Crippen LogP contribution is 2.78. The molecule has 2 spiro atoms. The number of amides is 4. The number of carbonyl (C=O) groups excluding carboxylic acids is 4. The van der Waals surface area contributed by atoms with Crippen molar-refractivity contribution >= 4 is 78.2 Å². The van der Waals surface area contributed by atoms with Gasteiger partial charge in [0.25, 0.3) is 23.6 Å². The zero-order valence-electron chi connectivity index (χ0n) is 25.6. The minimum absolute atomic E-state index is 0.307. The molecule has 12 nitrogen and oxygen atoms in total. The zero-order chi connectivity index (χ0) is 32.8. The highest BCUT2D eigenvalue weighted by atomic mass is 33.1. The number of aliphatic hydroxyl groups is 2. The van der Waals surface area contributed by atoms with E-state index in [1.165, 1.54) is 62.8 Å². The molecule has 16 heteroatoms. The molecule has 0 aromatic heterocycles. The lowest BCUT2D eigenvalue weighted by molar-refractivity contribution is -0.167. The molecule has 2 aromatic carbocycles. The normalized spacial score (nSPS) is 46.3. The molecule has 0 aliphatic carbocycles. The van der Waals surface area contributed by atoms with Crippen molar-refractivity contribution in [3.8, 4) is 0 Å². The number of likely N-dealkylation sites (N-methyl/N-ethyl adjacent to an activating group) is 2. The molecule has 8 saturated heterocycles. The van der Waals surface area contributed by atoms with Crippen molar-refractivity contribution < 1.29 is 29.4 Å². The summed E-state index contributed by atoms with van der Waals surface area (Å²) in [6.45, 7) is 3.58. The number of carbonyl (C=O) groups is 4. The molecule has 10 aliphatic heterocycles. The number of hydrogen-bond donors (Lipinski definition) is 4. The topological polar surface area (TPSA) is 146 Å². The van der Waals surface area contributed by atoms with E-state index in [1.54, 1.807) is 21.0 Å². The molecule has 2 aromatic rings.